The summed E-state index contributed by atoms with van der Waals surface area (Å²) < 4.78 is 34.8. The third-order valence-electron chi connectivity index (χ3n) is 4.97. The van der Waals surface area contributed by atoms with Crippen molar-refractivity contribution in [2.75, 3.05) is 13.7 Å². The molecule has 3 rings (SSSR count). The van der Waals surface area contributed by atoms with Crippen LogP contribution in [0.3, 0.4) is 0 Å². The highest BCUT2D eigenvalue weighted by Gasteiger charge is 2.25. The first-order valence-corrected chi connectivity index (χ1v) is 11.4. The van der Waals surface area contributed by atoms with Crippen molar-refractivity contribution < 1.29 is 17.9 Å². The first-order valence-electron chi connectivity index (χ1n) is 9.96. The minimum absolute atomic E-state index is 0.0101. The number of sulfonamides is 1. The summed E-state index contributed by atoms with van der Waals surface area (Å²) in [4.78, 5) is 12.4. The molecule has 2 N–H and O–H groups in total. The highest BCUT2D eigenvalue weighted by atomic mass is 32.2. The molecule has 1 atom stereocenters. The predicted octanol–water partition coefficient (Wildman–Crippen LogP) is 3.82. The van der Waals surface area contributed by atoms with Crippen LogP contribution in [0.1, 0.15) is 40.0 Å². The van der Waals surface area contributed by atoms with Crippen LogP contribution in [0.15, 0.2) is 77.7 Å². The van der Waals surface area contributed by atoms with Crippen molar-refractivity contribution >= 4 is 15.9 Å². The maximum Gasteiger partial charge on any atom is 0.255 e. The van der Waals surface area contributed by atoms with Gasteiger partial charge in [0, 0.05) is 6.54 Å². The Morgan fingerprint density at radius 3 is 2.32 bits per heavy atom. The average Bonchev–Trinajstić information content (AvgIpc) is 2.78. The van der Waals surface area contributed by atoms with Gasteiger partial charge in [-0.25, -0.2) is 8.42 Å². The van der Waals surface area contributed by atoms with Gasteiger partial charge in [-0.1, -0.05) is 54.6 Å². The number of aryl methyl sites for hydroxylation is 1. The second-order valence-electron chi connectivity index (χ2n) is 7.04. The van der Waals surface area contributed by atoms with E-state index in [0.717, 1.165) is 16.7 Å². The molecular weight excluding hydrogens is 412 g/mol. The van der Waals surface area contributed by atoms with Crippen LogP contribution < -0.4 is 14.8 Å². The summed E-state index contributed by atoms with van der Waals surface area (Å²) in [7, 11) is -2.52. The van der Waals surface area contributed by atoms with Crippen LogP contribution >= 0.6 is 0 Å². The smallest absolute Gasteiger partial charge is 0.255 e. The molecule has 0 aliphatic carbocycles. The van der Waals surface area contributed by atoms with E-state index in [1.807, 2.05) is 61.5 Å². The molecule has 162 valence electrons. The molecule has 0 saturated carbocycles. The van der Waals surface area contributed by atoms with E-state index in [1.54, 1.807) is 6.92 Å². The van der Waals surface area contributed by atoms with Gasteiger partial charge in [0.1, 0.15) is 5.75 Å². The molecule has 0 saturated heterocycles. The minimum atomic E-state index is -3.95. The maximum atomic E-state index is 13.3. The fourth-order valence-corrected chi connectivity index (χ4v) is 4.61. The van der Waals surface area contributed by atoms with Crippen LogP contribution in [0, 0.1) is 6.92 Å². The highest BCUT2D eigenvalue weighted by Crippen LogP contribution is 2.28. The Kier molecular flexibility index (Phi) is 7.09. The first-order chi connectivity index (χ1) is 14.9. The summed E-state index contributed by atoms with van der Waals surface area (Å²) in [6, 6.07) is 20.7. The molecular formula is C24H26N2O4S. The molecule has 0 fully saturated rings. The van der Waals surface area contributed by atoms with Crippen molar-refractivity contribution in [2.45, 2.75) is 24.8 Å². The molecule has 0 spiro atoms. The van der Waals surface area contributed by atoms with Gasteiger partial charge in [0.25, 0.3) is 5.91 Å². The molecule has 0 bridgehead atoms. The lowest BCUT2D eigenvalue weighted by atomic mass is 9.96. The van der Waals surface area contributed by atoms with E-state index in [-0.39, 0.29) is 10.5 Å². The number of hydrogen-bond acceptors (Lipinski definition) is 4. The van der Waals surface area contributed by atoms with Crippen molar-refractivity contribution in [1.29, 1.82) is 0 Å². The molecule has 0 heterocycles. The first kappa shape index (κ1) is 22.5. The van der Waals surface area contributed by atoms with E-state index in [0.29, 0.717) is 12.3 Å². The molecule has 3 aromatic rings. The highest BCUT2D eigenvalue weighted by molar-refractivity contribution is 7.89. The normalized spacial score (nSPS) is 12.2. The number of carbonyl (C=O) groups excluding carboxylic acids is 1. The van der Waals surface area contributed by atoms with E-state index in [4.69, 9.17) is 4.74 Å². The van der Waals surface area contributed by atoms with Gasteiger partial charge >= 0.3 is 0 Å². The molecule has 3 aromatic carbocycles. The number of hydrogen-bond donors (Lipinski definition) is 2. The van der Waals surface area contributed by atoms with Crippen LogP contribution in [0.5, 0.6) is 5.75 Å². The Morgan fingerprint density at radius 1 is 1.00 bits per heavy atom. The Hall–Kier alpha value is -3.16. The number of nitrogens with one attached hydrogen (secondary N) is 2. The maximum absolute atomic E-state index is 13.3. The lowest BCUT2D eigenvalue weighted by molar-refractivity contribution is 0.0952. The van der Waals surface area contributed by atoms with Crippen LogP contribution in [-0.4, -0.2) is 28.0 Å². The summed E-state index contributed by atoms with van der Waals surface area (Å²) >= 11 is 0. The van der Waals surface area contributed by atoms with Gasteiger partial charge in [-0.15, -0.1) is 0 Å². The van der Waals surface area contributed by atoms with E-state index in [2.05, 4.69) is 10.0 Å². The van der Waals surface area contributed by atoms with Crippen LogP contribution in [0.2, 0.25) is 0 Å². The largest absolute Gasteiger partial charge is 0.496 e. The predicted molar refractivity (Wildman–Crippen MR) is 121 cm³/mol. The van der Waals surface area contributed by atoms with E-state index in [9.17, 15) is 13.2 Å². The number of rotatable bonds is 8. The molecule has 7 heteroatoms. The van der Waals surface area contributed by atoms with E-state index in [1.165, 1.54) is 25.3 Å². The molecule has 31 heavy (non-hydrogen) atoms. The monoisotopic (exact) mass is 438 g/mol. The van der Waals surface area contributed by atoms with Gasteiger partial charge in [-0.2, -0.15) is 4.72 Å². The topological polar surface area (TPSA) is 84.5 Å². The lowest BCUT2D eigenvalue weighted by Gasteiger charge is -2.22. The summed E-state index contributed by atoms with van der Waals surface area (Å²) in [5.74, 6) is -0.0849. The summed E-state index contributed by atoms with van der Waals surface area (Å²) in [5.41, 5.74) is 2.81. The molecule has 0 aromatic heterocycles. The average molecular weight is 439 g/mol. The van der Waals surface area contributed by atoms with Gasteiger partial charge in [-0.3, -0.25) is 4.79 Å². The Morgan fingerprint density at radius 2 is 1.68 bits per heavy atom. The van der Waals surface area contributed by atoms with Crippen LogP contribution in [0.25, 0.3) is 0 Å². The lowest BCUT2D eigenvalue weighted by Crippen LogP contribution is -2.30. The zero-order valence-corrected chi connectivity index (χ0v) is 18.6. The summed E-state index contributed by atoms with van der Waals surface area (Å²) in [6.07, 6.45) is 0. The Labute approximate surface area is 183 Å². The minimum Gasteiger partial charge on any atom is -0.496 e. The summed E-state index contributed by atoms with van der Waals surface area (Å²) in [5, 5.41) is 2.68. The number of ether oxygens (including phenoxy) is 1. The van der Waals surface area contributed by atoms with E-state index < -0.39 is 22.0 Å². The fourth-order valence-electron chi connectivity index (χ4n) is 3.38. The van der Waals surface area contributed by atoms with Gasteiger partial charge in [0.05, 0.1) is 23.6 Å². The zero-order chi connectivity index (χ0) is 22.4. The number of carbonyl (C=O) groups is 1. The van der Waals surface area contributed by atoms with Gasteiger partial charge in [0.2, 0.25) is 10.0 Å². The summed E-state index contributed by atoms with van der Waals surface area (Å²) in [6.45, 7) is 4.15. The quantitative estimate of drug-likeness (QED) is 0.560. The third kappa shape index (κ3) is 5.13. The van der Waals surface area contributed by atoms with Crippen LogP contribution in [-0.2, 0) is 10.0 Å². The molecule has 6 nitrogen and oxygen atoms in total. The second-order valence-corrected chi connectivity index (χ2v) is 8.76. The number of methoxy groups -OCH3 is 1. The van der Waals surface area contributed by atoms with E-state index >= 15 is 0 Å². The Bertz CT molecular complexity index is 1160. The number of benzene rings is 3. The van der Waals surface area contributed by atoms with Gasteiger partial charge < -0.3 is 10.1 Å². The molecule has 0 radical (unpaired) electrons. The second kappa shape index (κ2) is 9.76. The SMILES string of the molecule is CCNC(=O)c1cc(S(=O)(=O)N[C@H](c2ccccc2)c2ccccc2C)ccc1OC. The van der Waals surface area contributed by atoms with Crippen LogP contribution in [0.4, 0.5) is 0 Å². The zero-order valence-electron chi connectivity index (χ0n) is 17.8. The van der Waals surface area contributed by atoms with Gasteiger partial charge in [0.15, 0.2) is 0 Å². The van der Waals surface area contributed by atoms with Crippen molar-refractivity contribution in [3.05, 3.63) is 95.1 Å². The molecule has 0 aliphatic rings. The third-order valence-corrected chi connectivity index (χ3v) is 6.39. The fraction of sp³-hybridized carbons (Fsp3) is 0.208. The van der Waals surface area contributed by atoms with Crippen molar-refractivity contribution in [3.8, 4) is 5.75 Å². The molecule has 0 unspecified atom stereocenters. The molecule has 0 aliphatic heterocycles. The van der Waals surface area contributed by atoms with Crippen molar-refractivity contribution in [3.63, 3.8) is 0 Å². The van der Waals surface area contributed by atoms with Gasteiger partial charge in [-0.05, 0) is 48.7 Å². The Balaban J connectivity index is 2.05. The standard InChI is InChI=1S/C24H26N2O4S/c1-4-25-24(27)21-16-19(14-15-22(21)30-3)31(28,29)26-23(18-11-6-5-7-12-18)20-13-9-8-10-17(20)2/h5-16,23,26H,4H2,1-3H3,(H,25,27)/t23-/m1/s1. The number of amides is 1. The van der Waals surface area contributed by atoms with Crippen molar-refractivity contribution in [2.24, 2.45) is 0 Å². The molecule has 1 amide bonds. The van der Waals surface area contributed by atoms with Crippen molar-refractivity contribution in [1.82, 2.24) is 10.0 Å².